The van der Waals surface area contributed by atoms with E-state index in [0.29, 0.717) is 30.6 Å². The minimum atomic E-state index is -4.65. The number of rotatable bonds is 4. The summed E-state index contributed by atoms with van der Waals surface area (Å²) >= 11 is 0. The van der Waals surface area contributed by atoms with Gasteiger partial charge in [0.1, 0.15) is 17.9 Å². The van der Waals surface area contributed by atoms with Crippen molar-refractivity contribution in [2.24, 2.45) is 17.3 Å². The summed E-state index contributed by atoms with van der Waals surface area (Å²) in [5.41, 5.74) is -0.800. The molecule has 2 saturated heterocycles. The highest BCUT2D eigenvalue weighted by molar-refractivity contribution is 5.95. The number of halogens is 5. The zero-order valence-electron chi connectivity index (χ0n) is 18.9. The number of piperidine rings is 1. The predicted octanol–water partition coefficient (Wildman–Crippen LogP) is 3.17. The van der Waals surface area contributed by atoms with Crippen molar-refractivity contribution in [3.05, 3.63) is 30.5 Å². The maximum Gasteiger partial charge on any atom is 0.434 e. The van der Waals surface area contributed by atoms with Crippen LogP contribution >= 0.6 is 0 Å². The monoisotopic (exact) mass is 508 g/mol. The Labute approximate surface area is 201 Å². The van der Waals surface area contributed by atoms with E-state index in [9.17, 15) is 26.7 Å². The topological polar surface area (TPSA) is 92.9 Å². The highest BCUT2D eigenvalue weighted by atomic mass is 19.4. The summed E-state index contributed by atoms with van der Waals surface area (Å²) in [5, 5.41) is 3.96. The van der Waals surface area contributed by atoms with Gasteiger partial charge in [0.25, 0.3) is 6.43 Å². The molecule has 5 heterocycles. The fourth-order valence-corrected chi connectivity index (χ4v) is 6.10. The lowest BCUT2D eigenvalue weighted by Gasteiger charge is -2.45. The van der Waals surface area contributed by atoms with Crippen LogP contribution in [0.15, 0.2) is 24.8 Å². The van der Waals surface area contributed by atoms with Crippen molar-refractivity contribution in [2.45, 2.75) is 38.4 Å². The molecule has 1 saturated carbocycles. The van der Waals surface area contributed by atoms with Crippen LogP contribution in [0.5, 0.6) is 0 Å². The second-order valence-corrected chi connectivity index (χ2v) is 9.68. The number of hydrogen-bond donors (Lipinski definition) is 0. The number of carbonyl (C=O) groups is 1. The zero-order valence-corrected chi connectivity index (χ0v) is 18.9. The molecule has 0 aromatic carbocycles. The smallest absolute Gasteiger partial charge is 0.355 e. The number of amides is 1. The molecule has 1 amide bonds. The summed E-state index contributed by atoms with van der Waals surface area (Å²) < 4.78 is 66.4. The summed E-state index contributed by atoms with van der Waals surface area (Å²) in [7, 11) is 0. The minimum absolute atomic E-state index is 0.0860. The van der Waals surface area contributed by atoms with E-state index in [1.807, 2.05) is 0 Å². The van der Waals surface area contributed by atoms with Gasteiger partial charge < -0.3 is 4.90 Å². The third-order valence-corrected chi connectivity index (χ3v) is 7.76. The third kappa shape index (κ3) is 3.64. The summed E-state index contributed by atoms with van der Waals surface area (Å²) in [4.78, 5) is 32.6. The van der Waals surface area contributed by atoms with Gasteiger partial charge in [-0.25, -0.2) is 28.4 Å². The maximum atomic E-state index is 13.1. The molecule has 0 N–H and O–H groups in total. The van der Waals surface area contributed by atoms with Crippen LogP contribution in [0, 0.1) is 17.3 Å². The zero-order chi connectivity index (χ0) is 25.2. The first-order valence-corrected chi connectivity index (χ1v) is 11.6. The van der Waals surface area contributed by atoms with Crippen molar-refractivity contribution in [2.75, 3.05) is 29.4 Å². The molecule has 2 aliphatic heterocycles. The minimum Gasteiger partial charge on any atom is -0.355 e. The number of hydrogen-bond acceptors (Lipinski definition) is 7. The van der Waals surface area contributed by atoms with Gasteiger partial charge in [0.05, 0.1) is 24.8 Å². The van der Waals surface area contributed by atoms with Gasteiger partial charge in [-0.05, 0) is 24.7 Å². The molecule has 3 aliphatic rings. The first-order valence-electron chi connectivity index (χ1n) is 11.6. The van der Waals surface area contributed by atoms with Gasteiger partial charge in [-0.3, -0.25) is 14.7 Å². The normalized spacial score (nSPS) is 26.2. The number of anilines is 2. The van der Waals surface area contributed by atoms with Crippen LogP contribution in [0.3, 0.4) is 0 Å². The van der Waals surface area contributed by atoms with E-state index >= 15 is 0 Å². The van der Waals surface area contributed by atoms with Crippen LogP contribution in [0.1, 0.15) is 25.0 Å². The molecule has 1 spiro atoms. The van der Waals surface area contributed by atoms with E-state index in [1.165, 1.54) is 17.3 Å². The molecular weight excluding hydrogens is 487 g/mol. The lowest BCUT2D eigenvalue weighted by Crippen LogP contribution is -2.51. The Bertz CT molecular complexity index is 1310. The molecule has 1 aliphatic carbocycles. The number of fused-ring (bicyclic) bond motifs is 1. The number of carbonyl (C=O) groups excluding carboxylic acids is 1. The lowest BCUT2D eigenvalue weighted by molar-refractivity contribution is -0.141. The van der Waals surface area contributed by atoms with Gasteiger partial charge in [0.15, 0.2) is 17.2 Å². The van der Waals surface area contributed by atoms with Crippen molar-refractivity contribution < 1.29 is 26.7 Å². The van der Waals surface area contributed by atoms with E-state index in [2.05, 4.69) is 29.9 Å². The maximum absolute atomic E-state index is 13.1. The Morgan fingerprint density at radius 1 is 1.03 bits per heavy atom. The van der Waals surface area contributed by atoms with Crippen LogP contribution < -0.4 is 9.80 Å². The Hall–Kier alpha value is -3.45. The van der Waals surface area contributed by atoms with Gasteiger partial charge in [-0.1, -0.05) is 0 Å². The highest BCUT2D eigenvalue weighted by Crippen LogP contribution is 2.57. The molecule has 0 radical (unpaired) electrons. The second kappa shape index (κ2) is 8.03. The quantitative estimate of drug-likeness (QED) is 0.500. The van der Waals surface area contributed by atoms with Crippen molar-refractivity contribution in [1.82, 2.24) is 29.7 Å². The van der Waals surface area contributed by atoms with Gasteiger partial charge in [-0.2, -0.15) is 18.3 Å². The first-order chi connectivity index (χ1) is 17.1. The molecule has 190 valence electrons. The molecule has 6 rings (SSSR count). The summed E-state index contributed by atoms with van der Waals surface area (Å²) in [6.45, 7) is 0.868. The summed E-state index contributed by atoms with van der Waals surface area (Å²) in [6.07, 6.45) is -0.416. The molecule has 14 heteroatoms. The summed E-state index contributed by atoms with van der Waals surface area (Å²) in [6, 6.07) is 0. The molecule has 36 heavy (non-hydrogen) atoms. The fraction of sp³-hybridized carbons (Fsp3) is 0.545. The van der Waals surface area contributed by atoms with E-state index in [1.54, 1.807) is 6.20 Å². The third-order valence-electron chi connectivity index (χ3n) is 7.76. The lowest BCUT2D eigenvalue weighted by atomic mass is 9.68. The number of aromatic nitrogens is 6. The number of alkyl halides is 5. The van der Waals surface area contributed by atoms with Crippen molar-refractivity contribution in [3.63, 3.8) is 0 Å². The Kier molecular flexibility index (Phi) is 5.13. The van der Waals surface area contributed by atoms with Crippen LogP contribution in [0.4, 0.5) is 33.6 Å². The average molecular weight is 508 g/mol. The van der Waals surface area contributed by atoms with Gasteiger partial charge in [0.2, 0.25) is 5.91 Å². The molecule has 2 bridgehead atoms. The van der Waals surface area contributed by atoms with Gasteiger partial charge in [0, 0.05) is 31.5 Å². The second-order valence-electron chi connectivity index (χ2n) is 9.68. The van der Waals surface area contributed by atoms with Crippen molar-refractivity contribution >= 4 is 28.7 Å². The highest BCUT2D eigenvalue weighted by Gasteiger charge is 2.59. The number of nitrogens with zero attached hydrogens (tertiary/aromatic N) is 8. The molecule has 9 nitrogen and oxygen atoms in total. The van der Waals surface area contributed by atoms with E-state index < -0.39 is 24.8 Å². The first kappa shape index (κ1) is 23.0. The fourth-order valence-electron chi connectivity index (χ4n) is 6.10. The molecule has 2 atom stereocenters. The molecular formula is C22H21F5N8O. The van der Waals surface area contributed by atoms with Gasteiger partial charge in [-0.15, -0.1) is 0 Å². The van der Waals surface area contributed by atoms with Crippen LogP contribution in [0.25, 0.3) is 11.2 Å². The Morgan fingerprint density at radius 3 is 2.47 bits per heavy atom. The Morgan fingerprint density at radius 2 is 1.78 bits per heavy atom. The Balaban J connectivity index is 1.25. The molecule has 3 aromatic heterocycles. The standard InChI is InChI=1S/C22H21F5N8O/c23-16(24)10-35-20-14(4-30-35)29-7-17(32-20)33-8-12-1-2-13(9-33)21(12)3-19(36)34(11-21)18-6-28-5-15(31-18)22(25,26)27/h4-7,12-13,16H,1-3,8-11H2. The van der Waals surface area contributed by atoms with E-state index in [-0.39, 0.29) is 47.6 Å². The molecule has 3 fully saturated rings. The van der Waals surface area contributed by atoms with E-state index in [0.717, 1.165) is 17.5 Å². The summed E-state index contributed by atoms with van der Waals surface area (Å²) in [5.74, 6) is 0.415. The largest absolute Gasteiger partial charge is 0.434 e. The van der Waals surface area contributed by atoms with Crippen LogP contribution in [-0.2, 0) is 17.5 Å². The predicted molar refractivity (Wildman–Crippen MR) is 116 cm³/mol. The average Bonchev–Trinajstić information content (AvgIpc) is 3.42. The van der Waals surface area contributed by atoms with Crippen LogP contribution in [0.2, 0.25) is 0 Å². The molecule has 3 aromatic rings. The van der Waals surface area contributed by atoms with E-state index in [4.69, 9.17) is 0 Å². The van der Waals surface area contributed by atoms with Crippen molar-refractivity contribution in [1.29, 1.82) is 0 Å². The van der Waals surface area contributed by atoms with Gasteiger partial charge >= 0.3 is 6.18 Å². The SMILES string of the molecule is O=C1CC2(CN1c1cncc(C(F)(F)F)n1)C1CCC2CN(c2cnc3cnn(CC(F)F)c3n2)C1. The van der Waals surface area contributed by atoms with Crippen LogP contribution in [-0.4, -0.2) is 61.7 Å². The van der Waals surface area contributed by atoms with Crippen molar-refractivity contribution in [3.8, 4) is 0 Å². The molecule has 2 unspecified atom stereocenters.